The van der Waals surface area contributed by atoms with Gasteiger partial charge in [-0.25, -0.2) is 0 Å². The first-order valence-corrected chi connectivity index (χ1v) is 5.96. The normalized spacial score (nSPS) is 10.5. The van der Waals surface area contributed by atoms with Crippen molar-refractivity contribution in [2.24, 2.45) is 7.05 Å². The van der Waals surface area contributed by atoms with E-state index in [-0.39, 0.29) is 10.6 Å². The van der Waals surface area contributed by atoms with Gasteiger partial charge >= 0.3 is 0 Å². The molecule has 0 aliphatic rings. The van der Waals surface area contributed by atoms with E-state index in [0.717, 1.165) is 16.8 Å². The zero-order chi connectivity index (χ0) is 14.0. The third-order valence-corrected chi connectivity index (χ3v) is 3.24. The Labute approximate surface area is 111 Å². The molecule has 2 aromatic rings. The smallest absolute Gasteiger partial charge is 0.292 e. The second-order valence-electron chi connectivity index (χ2n) is 4.46. The Morgan fingerprint density at radius 3 is 2.74 bits per heavy atom. The molecule has 0 radical (unpaired) electrons. The Morgan fingerprint density at radius 2 is 2.16 bits per heavy atom. The minimum Gasteiger partial charge on any atom is -0.375 e. The molecule has 0 fully saturated rings. The summed E-state index contributed by atoms with van der Waals surface area (Å²) in [6.45, 7) is 4.34. The molecule has 1 N–H and O–H groups in total. The predicted octanol–water partition coefficient (Wildman–Crippen LogP) is 2.56. The van der Waals surface area contributed by atoms with Crippen LogP contribution >= 0.6 is 0 Å². The van der Waals surface area contributed by atoms with Crippen molar-refractivity contribution < 1.29 is 4.92 Å². The molecule has 0 unspecified atom stereocenters. The van der Waals surface area contributed by atoms with Gasteiger partial charge < -0.3 is 5.32 Å². The van der Waals surface area contributed by atoms with Gasteiger partial charge in [-0.1, -0.05) is 12.1 Å². The van der Waals surface area contributed by atoms with Crippen molar-refractivity contribution in [3.8, 4) is 0 Å². The summed E-state index contributed by atoms with van der Waals surface area (Å²) in [5, 5.41) is 18.3. The summed E-state index contributed by atoms with van der Waals surface area (Å²) >= 11 is 0. The van der Waals surface area contributed by atoms with Crippen LogP contribution in [0.1, 0.15) is 16.8 Å². The third-order valence-electron chi connectivity index (χ3n) is 3.24. The van der Waals surface area contributed by atoms with Crippen molar-refractivity contribution in [2.45, 2.75) is 20.4 Å². The van der Waals surface area contributed by atoms with Gasteiger partial charge in [0.05, 0.1) is 11.1 Å². The molecule has 1 aromatic heterocycles. The van der Waals surface area contributed by atoms with Crippen LogP contribution in [0.3, 0.4) is 0 Å². The van der Waals surface area contributed by atoms with E-state index in [9.17, 15) is 10.1 Å². The van der Waals surface area contributed by atoms with Crippen molar-refractivity contribution in [3.05, 3.63) is 51.3 Å². The van der Waals surface area contributed by atoms with Crippen molar-refractivity contribution in [1.82, 2.24) is 9.78 Å². The predicted molar refractivity (Wildman–Crippen MR) is 73.1 cm³/mol. The molecular formula is C13H16N4O2. The van der Waals surface area contributed by atoms with Gasteiger partial charge in [-0.2, -0.15) is 5.10 Å². The Hall–Kier alpha value is -2.37. The number of nitro groups is 1. The Morgan fingerprint density at radius 1 is 1.42 bits per heavy atom. The summed E-state index contributed by atoms with van der Waals surface area (Å²) in [7, 11) is 1.87. The molecule has 1 aromatic carbocycles. The Kier molecular flexibility index (Phi) is 3.50. The summed E-state index contributed by atoms with van der Waals surface area (Å²) in [5.41, 5.74) is 3.59. The summed E-state index contributed by atoms with van der Waals surface area (Å²) in [6, 6.07) is 5.05. The summed E-state index contributed by atoms with van der Waals surface area (Å²) in [4.78, 5) is 10.6. The first-order valence-electron chi connectivity index (χ1n) is 5.96. The van der Waals surface area contributed by atoms with Crippen molar-refractivity contribution in [1.29, 1.82) is 0 Å². The molecule has 6 nitrogen and oxygen atoms in total. The third kappa shape index (κ3) is 2.57. The van der Waals surface area contributed by atoms with Gasteiger partial charge in [-0.15, -0.1) is 0 Å². The molecule has 0 spiro atoms. The number of nitrogens with one attached hydrogen (secondary N) is 1. The SMILES string of the molecule is Cc1cccc([N+](=O)[O-])c1NCc1cnn(C)c1C. The van der Waals surface area contributed by atoms with Gasteiger partial charge in [0.25, 0.3) is 5.69 Å². The molecule has 2 rings (SSSR count). The fraction of sp³-hybridized carbons (Fsp3) is 0.308. The number of aromatic nitrogens is 2. The number of benzene rings is 1. The van der Waals surface area contributed by atoms with Gasteiger partial charge in [0, 0.05) is 30.9 Å². The van der Waals surface area contributed by atoms with E-state index >= 15 is 0 Å². The van der Waals surface area contributed by atoms with E-state index in [1.807, 2.05) is 27.0 Å². The van der Waals surface area contributed by atoms with Crippen LogP contribution in [-0.4, -0.2) is 14.7 Å². The van der Waals surface area contributed by atoms with Crippen molar-refractivity contribution in [3.63, 3.8) is 0 Å². The minimum absolute atomic E-state index is 0.0987. The molecule has 0 bridgehead atoms. The highest BCUT2D eigenvalue weighted by Gasteiger charge is 2.15. The van der Waals surface area contributed by atoms with Gasteiger partial charge in [0.2, 0.25) is 0 Å². The zero-order valence-corrected chi connectivity index (χ0v) is 11.2. The number of anilines is 1. The highest BCUT2D eigenvalue weighted by atomic mass is 16.6. The second kappa shape index (κ2) is 5.09. The highest BCUT2D eigenvalue weighted by Crippen LogP contribution is 2.28. The number of hydrogen-bond acceptors (Lipinski definition) is 4. The topological polar surface area (TPSA) is 73.0 Å². The summed E-state index contributed by atoms with van der Waals surface area (Å²) < 4.78 is 1.78. The molecule has 0 saturated carbocycles. The maximum atomic E-state index is 11.0. The van der Waals surface area contributed by atoms with Gasteiger partial charge in [-0.05, 0) is 19.4 Å². The quantitative estimate of drug-likeness (QED) is 0.677. The van der Waals surface area contributed by atoms with Crippen LogP contribution in [0.4, 0.5) is 11.4 Å². The van der Waals surface area contributed by atoms with Crippen molar-refractivity contribution in [2.75, 3.05) is 5.32 Å². The van der Waals surface area contributed by atoms with Gasteiger partial charge in [0.1, 0.15) is 5.69 Å². The lowest BCUT2D eigenvalue weighted by Crippen LogP contribution is -2.05. The average molecular weight is 260 g/mol. The van der Waals surface area contributed by atoms with Crippen molar-refractivity contribution >= 4 is 11.4 Å². The molecule has 19 heavy (non-hydrogen) atoms. The number of rotatable bonds is 4. The number of nitrogens with zero attached hydrogens (tertiary/aromatic N) is 3. The van der Waals surface area contributed by atoms with Crippen LogP contribution in [0.25, 0.3) is 0 Å². The fourth-order valence-electron chi connectivity index (χ4n) is 1.94. The zero-order valence-electron chi connectivity index (χ0n) is 11.2. The second-order valence-corrected chi connectivity index (χ2v) is 4.46. The maximum Gasteiger partial charge on any atom is 0.292 e. The molecule has 6 heteroatoms. The fourth-order valence-corrected chi connectivity index (χ4v) is 1.94. The number of nitro benzene ring substituents is 1. The van der Waals surface area contributed by atoms with E-state index in [0.29, 0.717) is 12.2 Å². The standard InChI is InChI=1S/C13H16N4O2/c1-9-5-4-6-12(17(18)19)13(9)14-7-11-8-15-16(3)10(11)2/h4-6,8,14H,7H2,1-3H3. The largest absolute Gasteiger partial charge is 0.375 e. The monoisotopic (exact) mass is 260 g/mol. The van der Waals surface area contributed by atoms with Crippen LogP contribution in [0.15, 0.2) is 24.4 Å². The Balaban J connectivity index is 2.24. The van der Waals surface area contributed by atoms with Gasteiger partial charge in [-0.3, -0.25) is 14.8 Å². The lowest BCUT2D eigenvalue weighted by molar-refractivity contribution is -0.384. The lowest BCUT2D eigenvalue weighted by Gasteiger charge is -2.09. The van der Waals surface area contributed by atoms with Crippen LogP contribution in [0.5, 0.6) is 0 Å². The average Bonchev–Trinajstić information content (AvgIpc) is 2.68. The van der Waals surface area contributed by atoms with E-state index in [4.69, 9.17) is 0 Å². The van der Waals surface area contributed by atoms with E-state index < -0.39 is 0 Å². The lowest BCUT2D eigenvalue weighted by atomic mass is 10.1. The van der Waals surface area contributed by atoms with Gasteiger partial charge in [0.15, 0.2) is 0 Å². The molecule has 0 amide bonds. The minimum atomic E-state index is -0.370. The van der Waals surface area contributed by atoms with E-state index in [1.165, 1.54) is 6.07 Å². The highest BCUT2D eigenvalue weighted by molar-refractivity contribution is 5.66. The number of para-hydroxylation sites is 1. The first kappa shape index (κ1) is 13.1. The Bertz CT molecular complexity index is 619. The number of aryl methyl sites for hydroxylation is 2. The molecule has 0 atom stereocenters. The van der Waals surface area contributed by atoms with Crippen LogP contribution in [0, 0.1) is 24.0 Å². The molecular weight excluding hydrogens is 244 g/mol. The molecule has 1 heterocycles. The summed E-state index contributed by atoms with van der Waals surface area (Å²) in [5.74, 6) is 0. The van der Waals surface area contributed by atoms with Crippen LogP contribution < -0.4 is 5.32 Å². The van der Waals surface area contributed by atoms with Crippen LogP contribution in [0.2, 0.25) is 0 Å². The molecule has 0 aliphatic carbocycles. The van der Waals surface area contributed by atoms with E-state index in [2.05, 4.69) is 10.4 Å². The molecule has 0 saturated heterocycles. The number of hydrogen-bond donors (Lipinski definition) is 1. The van der Waals surface area contributed by atoms with Crippen LogP contribution in [-0.2, 0) is 13.6 Å². The molecule has 100 valence electrons. The molecule has 0 aliphatic heterocycles. The maximum absolute atomic E-state index is 11.0. The van der Waals surface area contributed by atoms with E-state index in [1.54, 1.807) is 16.9 Å². The summed E-state index contributed by atoms with van der Waals surface area (Å²) in [6.07, 6.45) is 1.77. The first-order chi connectivity index (χ1) is 9.00.